The molecule has 26 heavy (non-hydrogen) atoms. The van der Waals surface area contributed by atoms with Crippen molar-refractivity contribution >= 4 is 38.4 Å². The Labute approximate surface area is 159 Å². The summed E-state index contributed by atoms with van der Waals surface area (Å²) in [6, 6.07) is 23.5. The van der Waals surface area contributed by atoms with E-state index in [0.29, 0.717) is 17.9 Å². The summed E-state index contributed by atoms with van der Waals surface area (Å²) in [6.45, 7) is 0.591. The van der Waals surface area contributed by atoms with Crippen molar-refractivity contribution in [2.75, 3.05) is 5.32 Å². The number of nitrogens with one attached hydrogen (secondary N) is 1. The highest BCUT2D eigenvalue weighted by Crippen LogP contribution is 2.18. The van der Waals surface area contributed by atoms with Crippen LogP contribution in [0.2, 0.25) is 0 Å². The highest BCUT2D eigenvalue weighted by molar-refractivity contribution is 9.10. The predicted molar refractivity (Wildman–Crippen MR) is 107 cm³/mol. The molecule has 3 aromatic carbocycles. The molecule has 0 atom stereocenters. The second-order valence-corrected chi connectivity index (χ2v) is 6.93. The molecule has 0 saturated carbocycles. The van der Waals surface area contributed by atoms with Crippen molar-refractivity contribution in [3.8, 4) is 0 Å². The van der Waals surface area contributed by atoms with Crippen molar-refractivity contribution in [1.29, 1.82) is 0 Å². The fraction of sp³-hybridized carbons (Fsp3) is 0.0476. The van der Waals surface area contributed by atoms with E-state index in [1.165, 1.54) is 0 Å². The van der Waals surface area contributed by atoms with Crippen molar-refractivity contribution in [2.45, 2.75) is 6.54 Å². The smallest absolute Gasteiger partial charge is 0.256 e. The van der Waals surface area contributed by atoms with Gasteiger partial charge in [0.1, 0.15) is 5.82 Å². The van der Waals surface area contributed by atoms with Gasteiger partial charge >= 0.3 is 0 Å². The SMILES string of the molecule is O=C(Nc1ccnn1Cc1ccc(Br)cc1)c1ccc2ccccc2c1. The quantitative estimate of drug-likeness (QED) is 0.513. The van der Waals surface area contributed by atoms with E-state index in [-0.39, 0.29) is 5.91 Å². The Bertz CT molecular complexity index is 1070. The van der Waals surface area contributed by atoms with Crippen molar-refractivity contribution < 1.29 is 4.79 Å². The lowest BCUT2D eigenvalue weighted by molar-refractivity contribution is 0.102. The van der Waals surface area contributed by atoms with Gasteiger partial charge in [-0.15, -0.1) is 0 Å². The van der Waals surface area contributed by atoms with Gasteiger partial charge in [-0.05, 0) is 40.6 Å². The van der Waals surface area contributed by atoms with Crippen LogP contribution in [0.5, 0.6) is 0 Å². The van der Waals surface area contributed by atoms with Gasteiger partial charge in [0.2, 0.25) is 0 Å². The molecule has 1 heterocycles. The van der Waals surface area contributed by atoms with Gasteiger partial charge in [-0.25, -0.2) is 4.68 Å². The predicted octanol–water partition coefficient (Wildman–Crippen LogP) is 5.10. The summed E-state index contributed by atoms with van der Waals surface area (Å²) in [5.41, 5.74) is 1.73. The fourth-order valence-corrected chi connectivity index (χ4v) is 3.11. The Balaban J connectivity index is 1.54. The first-order chi connectivity index (χ1) is 12.7. The molecule has 0 spiro atoms. The largest absolute Gasteiger partial charge is 0.307 e. The highest BCUT2D eigenvalue weighted by Gasteiger charge is 2.10. The summed E-state index contributed by atoms with van der Waals surface area (Å²) in [4.78, 5) is 12.6. The number of nitrogens with zero attached hydrogens (tertiary/aromatic N) is 2. The lowest BCUT2D eigenvalue weighted by Crippen LogP contribution is -2.16. The summed E-state index contributed by atoms with van der Waals surface area (Å²) in [7, 11) is 0. The minimum Gasteiger partial charge on any atom is -0.307 e. The first kappa shape index (κ1) is 16.5. The number of fused-ring (bicyclic) bond motifs is 1. The molecule has 5 heteroatoms. The molecule has 0 aliphatic rings. The molecule has 4 rings (SSSR count). The minimum atomic E-state index is -0.145. The van der Waals surface area contributed by atoms with Gasteiger partial charge in [0.25, 0.3) is 5.91 Å². The van der Waals surface area contributed by atoms with Gasteiger partial charge in [-0.3, -0.25) is 4.79 Å². The van der Waals surface area contributed by atoms with Gasteiger partial charge in [-0.2, -0.15) is 5.10 Å². The maximum absolute atomic E-state index is 12.6. The Morgan fingerprint density at radius 3 is 2.54 bits per heavy atom. The van der Waals surface area contributed by atoms with Crippen LogP contribution >= 0.6 is 15.9 Å². The first-order valence-corrected chi connectivity index (χ1v) is 9.05. The fourth-order valence-electron chi connectivity index (χ4n) is 2.85. The van der Waals surface area contributed by atoms with E-state index in [2.05, 4.69) is 26.3 Å². The number of carbonyl (C=O) groups is 1. The molecule has 1 amide bonds. The number of hydrogen-bond acceptors (Lipinski definition) is 2. The normalized spacial score (nSPS) is 10.8. The van der Waals surface area contributed by atoms with Crippen molar-refractivity contribution in [3.05, 3.63) is 94.6 Å². The lowest BCUT2D eigenvalue weighted by atomic mass is 10.1. The van der Waals surface area contributed by atoms with Crippen molar-refractivity contribution in [2.24, 2.45) is 0 Å². The first-order valence-electron chi connectivity index (χ1n) is 8.25. The third-order valence-corrected chi connectivity index (χ3v) is 4.74. The zero-order chi connectivity index (χ0) is 17.9. The summed E-state index contributed by atoms with van der Waals surface area (Å²) < 4.78 is 2.81. The molecule has 1 aromatic heterocycles. The average Bonchev–Trinajstić information content (AvgIpc) is 3.10. The molecular formula is C21H16BrN3O. The van der Waals surface area contributed by atoms with Crippen LogP contribution in [0, 0.1) is 0 Å². The van der Waals surface area contributed by atoms with Gasteiger partial charge in [0.05, 0.1) is 12.7 Å². The second-order valence-electron chi connectivity index (χ2n) is 6.02. The van der Waals surface area contributed by atoms with Gasteiger partial charge in [0, 0.05) is 16.1 Å². The molecule has 0 fully saturated rings. The third-order valence-electron chi connectivity index (χ3n) is 4.22. The van der Waals surface area contributed by atoms with Crippen LogP contribution in [0.25, 0.3) is 10.8 Å². The maximum Gasteiger partial charge on any atom is 0.256 e. The van der Waals surface area contributed by atoms with E-state index < -0.39 is 0 Å². The molecule has 0 bridgehead atoms. The molecule has 0 unspecified atom stereocenters. The number of anilines is 1. The number of halogens is 1. The number of benzene rings is 3. The molecule has 0 aliphatic heterocycles. The van der Waals surface area contributed by atoms with E-state index in [1.807, 2.05) is 66.7 Å². The molecule has 0 aliphatic carbocycles. The Hall–Kier alpha value is -2.92. The zero-order valence-electron chi connectivity index (χ0n) is 13.9. The van der Waals surface area contributed by atoms with Crippen LogP contribution in [0.1, 0.15) is 15.9 Å². The number of rotatable bonds is 4. The number of carbonyl (C=O) groups excluding carboxylic acids is 1. The molecule has 0 saturated heterocycles. The standard InChI is InChI=1S/C21H16BrN3O/c22-19-9-5-15(6-10-19)14-25-20(11-12-23-25)24-21(26)18-8-7-16-3-1-2-4-17(16)13-18/h1-13H,14H2,(H,24,26). The summed E-state index contributed by atoms with van der Waals surface area (Å²) >= 11 is 3.43. The molecule has 128 valence electrons. The molecule has 0 radical (unpaired) electrons. The minimum absolute atomic E-state index is 0.145. The Morgan fingerprint density at radius 2 is 1.73 bits per heavy atom. The van der Waals surface area contributed by atoms with Crippen LogP contribution in [-0.2, 0) is 6.54 Å². The van der Waals surface area contributed by atoms with Gasteiger partial charge in [0.15, 0.2) is 0 Å². The van der Waals surface area contributed by atoms with Gasteiger partial charge in [-0.1, -0.05) is 58.4 Å². The molecule has 4 aromatic rings. The van der Waals surface area contributed by atoms with E-state index in [9.17, 15) is 4.79 Å². The van der Waals surface area contributed by atoms with Crippen LogP contribution in [-0.4, -0.2) is 15.7 Å². The van der Waals surface area contributed by atoms with E-state index >= 15 is 0 Å². The monoisotopic (exact) mass is 405 g/mol. The van der Waals surface area contributed by atoms with Crippen LogP contribution in [0.3, 0.4) is 0 Å². The molecule has 1 N–H and O–H groups in total. The summed E-state index contributed by atoms with van der Waals surface area (Å²) in [5, 5.41) is 9.44. The Kier molecular flexibility index (Phi) is 4.54. The van der Waals surface area contributed by atoms with E-state index in [4.69, 9.17) is 0 Å². The lowest BCUT2D eigenvalue weighted by Gasteiger charge is -2.10. The average molecular weight is 406 g/mol. The highest BCUT2D eigenvalue weighted by atomic mass is 79.9. The molecule has 4 nitrogen and oxygen atoms in total. The van der Waals surface area contributed by atoms with Crippen molar-refractivity contribution in [3.63, 3.8) is 0 Å². The third kappa shape index (κ3) is 3.53. The number of aromatic nitrogens is 2. The number of hydrogen-bond donors (Lipinski definition) is 1. The Morgan fingerprint density at radius 1 is 0.962 bits per heavy atom. The second kappa shape index (κ2) is 7.14. The van der Waals surface area contributed by atoms with Gasteiger partial charge < -0.3 is 5.32 Å². The van der Waals surface area contributed by atoms with Crippen molar-refractivity contribution in [1.82, 2.24) is 9.78 Å². The summed E-state index contributed by atoms with van der Waals surface area (Å²) in [6.07, 6.45) is 1.69. The zero-order valence-corrected chi connectivity index (χ0v) is 15.5. The number of amides is 1. The van der Waals surface area contributed by atoms with E-state index in [1.54, 1.807) is 16.9 Å². The van der Waals surface area contributed by atoms with Crippen LogP contribution in [0.15, 0.2) is 83.5 Å². The van der Waals surface area contributed by atoms with Crippen LogP contribution < -0.4 is 5.32 Å². The maximum atomic E-state index is 12.6. The topological polar surface area (TPSA) is 46.9 Å². The van der Waals surface area contributed by atoms with E-state index in [0.717, 1.165) is 20.8 Å². The summed E-state index contributed by atoms with van der Waals surface area (Å²) in [5.74, 6) is 0.527. The molecular weight excluding hydrogens is 390 g/mol. The van der Waals surface area contributed by atoms with Crippen LogP contribution in [0.4, 0.5) is 5.82 Å².